The Morgan fingerprint density at radius 1 is 1.22 bits per heavy atom. The van der Waals surface area contributed by atoms with E-state index in [2.05, 4.69) is 5.32 Å². The number of rotatable bonds is 8. The number of benzene rings is 2. The Morgan fingerprint density at radius 3 is 2.63 bits per heavy atom. The van der Waals surface area contributed by atoms with Crippen LogP contribution in [0.2, 0.25) is 5.02 Å². The molecule has 0 radical (unpaired) electrons. The molecule has 7 heteroatoms. The summed E-state index contributed by atoms with van der Waals surface area (Å²) >= 11 is 7.40. The molecule has 2 amide bonds. The highest BCUT2D eigenvalue weighted by molar-refractivity contribution is 7.99. The van der Waals surface area contributed by atoms with Crippen LogP contribution in [-0.4, -0.2) is 35.6 Å². The molecule has 0 heterocycles. The summed E-state index contributed by atoms with van der Waals surface area (Å²) in [6.45, 7) is 1.68. The second-order valence-electron chi connectivity index (χ2n) is 6.03. The minimum atomic E-state index is -0.700. The fraction of sp³-hybridized carbons (Fsp3) is 0.300. The number of carbonyl (C=O) groups is 2. The molecule has 1 atom stereocenters. The second-order valence-corrected chi connectivity index (χ2v) is 7.45. The molecule has 0 aliphatic rings. The fourth-order valence-electron chi connectivity index (χ4n) is 2.57. The third-order valence-electron chi connectivity index (χ3n) is 4.10. The van der Waals surface area contributed by atoms with Crippen LogP contribution in [0.5, 0.6) is 0 Å². The van der Waals surface area contributed by atoms with E-state index in [9.17, 15) is 14.0 Å². The van der Waals surface area contributed by atoms with Crippen LogP contribution in [0.1, 0.15) is 18.1 Å². The zero-order valence-electron chi connectivity index (χ0n) is 15.2. The van der Waals surface area contributed by atoms with Gasteiger partial charge in [0.2, 0.25) is 11.8 Å². The van der Waals surface area contributed by atoms with E-state index in [0.29, 0.717) is 16.3 Å². The summed E-state index contributed by atoms with van der Waals surface area (Å²) in [5, 5.41) is 3.19. The first-order valence-corrected chi connectivity index (χ1v) is 10.0. The Balaban J connectivity index is 2.06. The molecule has 0 unspecified atom stereocenters. The number of nitrogens with one attached hydrogen (secondary N) is 1. The SMILES string of the molecule is CNC(=O)[C@@H](C)N(Cc1ccccc1F)C(=O)CSCc1cccc(Cl)c1. The average molecular weight is 409 g/mol. The Hall–Kier alpha value is -2.05. The first-order valence-electron chi connectivity index (χ1n) is 8.49. The van der Waals surface area contributed by atoms with Crippen LogP contribution in [0, 0.1) is 5.82 Å². The summed E-state index contributed by atoms with van der Waals surface area (Å²) in [7, 11) is 1.51. The highest BCUT2D eigenvalue weighted by atomic mass is 35.5. The predicted octanol–water partition coefficient (Wildman–Crippen LogP) is 3.88. The molecule has 0 bridgehead atoms. The van der Waals surface area contributed by atoms with E-state index in [0.717, 1.165) is 5.56 Å². The van der Waals surface area contributed by atoms with Crippen molar-refractivity contribution in [3.8, 4) is 0 Å². The third kappa shape index (κ3) is 6.26. The monoisotopic (exact) mass is 408 g/mol. The van der Waals surface area contributed by atoms with Crippen LogP contribution in [-0.2, 0) is 21.9 Å². The molecule has 4 nitrogen and oxygen atoms in total. The minimum Gasteiger partial charge on any atom is -0.357 e. The largest absolute Gasteiger partial charge is 0.357 e. The van der Waals surface area contributed by atoms with Gasteiger partial charge < -0.3 is 10.2 Å². The van der Waals surface area contributed by atoms with E-state index in [1.165, 1.54) is 29.8 Å². The topological polar surface area (TPSA) is 49.4 Å². The molecule has 2 rings (SSSR count). The molecule has 27 heavy (non-hydrogen) atoms. The Labute approximate surface area is 168 Å². The van der Waals surface area contributed by atoms with Crippen molar-refractivity contribution in [3.05, 3.63) is 70.5 Å². The number of thioether (sulfide) groups is 1. The molecule has 0 aliphatic carbocycles. The molecule has 0 spiro atoms. The molecule has 1 N–H and O–H groups in total. The maximum Gasteiger partial charge on any atom is 0.242 e. The highest BCUT2D eigenvalue weighted by Gasteiger charge is 2.26. The maximum absolute atomic E-state index is 14.0. The van der Waals surface area contributed by atoms with Crippen LogP contribution >= 0.6 is 23.4 Å². The summed E-state index contributed by atoms with van der Waals surface area (Å²) in [5.74, 6) is -0.108. The zero-order chi connectivity index (χ0) is 19.8. The lowest BCUT2D eigenvalue weighted by atomic mass is 10.1. The van der Waals surface area contributed by atoms with E-state index >= 15 is 0 Å². The van der Waals surface area contributed by atoms with Crippen LogP contribution in [0.4, 0.5) is 4.39 Å². The first-order chi connectivity index (χ1) is 12.9. The van der Waals surface area contributed by atoms with Gasteiger partial charge in [0.25, 0.3) is 0 Å². The molecule has 2 aromatic rings. The van der Waals surface area contributed by atoms with Gasteiger partial charge in [-0.15, -0.1) is 11.8 Å². The lowest BCUT2D eigenvalue weighted by Crippen LogP contribution is -2.47. The summed E-state index contributed by atoms with van der Waals surface area (Å²) in [5.41, 5.74) is 1.39. The minimum absolute atomic E-state index is 0.0395. The maximum atomic E-state index is 14.0. The summed E-state index contributed by atoms with van der Waals surface area (Å²) in [4.78, 5) is 26.2. The van der Waals surface area contributed by atoms with Crippen LogP contribution in [0.3, 0.4) is 0 Å². The molecule has 2 aromatic carbocycles. The number of amides is 2. The third-order valence-corrected chi connectivity index (χ3v) is 5.32. The van der Waals surface area contributed by atoms with Gasteiger partial charge in [-0.25, -0.2) is 4.39 Å². The lowest BCUT2D eigenvalue weighted by Gasteiger charge is -2.28. The number of hydrogen-bond donors (Lipinski definition) is 1. The van der Waals surface area contributed by atoms with Crippen molar-refractivity contribution in [3.63, 3.8) is 0 Å². The number of hydrogen-bond acceptors (Lipinski definition) is 3. The Morgan fingerprint density at radius 2 is 1.96 bits per heavy atom. The van der Waals surface area contributed by atoms with E-state index in [1.807, 2.05) is 18.2 Å². The summed E-state index contributed by atoms with van der Waals surface area (Å²) in [6, 6.07) is 13.0. The molecule has 0 saturated carbocycles. The van der Waals surface area contributed by atoms with Gasteiger partial charge in [-0.2, -0.15) is 0 Å². The van der Waals surface area contributed by atoms with E-state index in [4.69, 9.17) is 11.6 Å². The first kappa shape index (κ1) is 21.3. The number of likely N-dealkylation sites (N-methyl/N-ethyl adjacent to an activating group) is 1. The van der Waals surface area contributed by atoms with Gasteiger partial charge in [-0.1, -0.05) is 41.9 Å². The predicted molar refractivity (Wildman–Crippen MR) is 108 cm³/mol. The molecule has 0 aromatic heterocycles. The number of halogens is 2. The van der Waals surface area contributed by atoms with Crippen LogP contribution < -0.4 is 5.32 Å². The molecular formula is C20H22ClFN2O2S. The number of nitrogens with zero attached hydrogens (tertiary/aromatic N) is 1. The molecule has 0 aliphatic heterocycles. The standard InChI is InChI=1S/C20H22ClFN2O2S/c1-14(20(26)23-2)24(11-16-7-3-4-9-18(16)22)19(25)13-27-12-15-6-5-8-17(21)10-15/h3-10,14H,11-13H2,1-2H3,(H,23,26)/t14-/m1/s1. The summed E-state index contributed by atoms with van der Waals surface area (Å²) < 4.78 is 14.0. The second kappa shape index (κ2) is 10.3. The fourth-order valence-corrected chi connectivity index (χ4v) is 3.64. The van der Waals surface area contributed by atoms with Gasteiger partial charge in [0.05, 0.1) is 5.75 Å². The Bertz CT molecular complexity index is 803. The van der Waals surface area contributed by atoms with Crippen molar-refractivity contribution in [2.75, 3.05) is 12.8 Å². The van der Waals surface area contributed by atoms with Crippen molar-refractivity contribution in [2.24, 2.45) is 0 Å². The van der Waals surface area contributed by atoms with Crippen LogP contribution in [0.15, 0.2) is 48.5 Å². The van der Waals surface area contributed by atoms with Crippen molar-refractivity contribution < 1.29 is 14.0 Å². The van der Waals surface area contributed by atoms with E-state index in [-0.39, 0.29) is 24.1 Å². The van der Waals surface area contributed by atoms with Crippen molar-refractivity contribution in [1.29, 1.82) is 0 Å². The van der Waals surface area contributed by atoms with Crippen molar-refractivity contribution >= 4 is 35.2 Å². The van der Waals surface area contributed by atoms with E-state index in [1.54, 1.807) is 31.2 Å². The van der Waals surface area contributed by atoms with Crippen molar-refractivity contribution in [1.82, 2.24) is 10.2 Å². The smallest absolute Gasteiger partial charge is 0.242 e. The number of carbonyl (C=O) groups excluding carboxylic acids is 2. The summed E-state index contributed by atoms with van der Waals surface area (Å²) in [6.07, 6.45) is 0. The van der Waals surface area contributed by atoms with Gasteiger partial charge in [0.15, 0.2) is 0 Å². The zero-order valence-corrected chi connectivity index (χ0v) is 16.8. The van der Waals surface area contributed by atoms with E-state index < -0.39 is 11.9 Å². The Kier molecular flexibility index (Phi) is 8.13. The molecule has 0 saturated heterocycles. The van der Waals surface area contributed by atoms with Gasteiger partial charge in [-0.05, 0) is 30.7 Å². The average Bonchev–Trinajstić information content (AvgIpc) is 2.66. The van der Waals surface area contributed by atoms with Gasteiger partial charge in [-0.3, -0.25) is 9.59 Å². The van der Waals surface area contributed by atoms with Crippen molar-refractivity contribution in [2.45, 2.75) is 25.3 Å². The molecule has 144 valence electrons. The quantitative estimate of drug-likeness (QED) is 0.721. The highest BCUT2D eigenvalue weighted by Crippen LogP contribution is 2.19. The van der Waals surface area contributed by atoms with Gasteiger partial charge >= 0.3 is 0 Å². The molecular weight excluding hydrogens is 387 g/mol. The van der Waals surface area contributed by atoms with Gasteiger partial charge in [0.1, 0.15) is 11.9 Å². The molecule has 0 fully saturated rings. The normalized spacial score (nSPS) is 11.7. The van der Waals surface area contributed by atoms with Crippen LogP contribution in [0.25, 0.3) is 0 Å². The van der Waals surface area contributed by atoms with Gasteiger partial charge in [0, 0.05) is 29.9 Å². The lowest BCUT2D eigenvalue weighted by molar-refractivity contribution is -0.138.